The van der Waals surface area contributed by atoms with Crippen molar-refractivity contribution < 1.29 is 31.6 Å². The fourth-order valence-electron chi connectivity index (χ4n) is 3.16. The van der Waals surface area contributed by atoms with Gasteiger partial charge in [0.2, 0.25) is 0 Å². The van der Waals surface area contributed by atoms with Crippen LogP contribution < -0.4 is 9.47 Å². The molecule has 164 valence electrons. The number of methoxy groups -OCH3 is 3. The Kier molecular flexibility index (Phi) is 8.25. The second-order valence-electron chi connectivity index (χ2n) is 6.90. The van der Waals surface area contributed by atoms with Gasteiger partial charge < -0.3 is 14.2 Å². The second kappa shape index (κ2) is 10.4. The van der Waals surface area contributed by atoms with Gasteiger partial charge in [0.25, 0.3) is 10.1 Å². The molecule has 2 aromatic carbocycles. The summed E-state index contributed by atoms with van der Waals surface area (Å²) in [7, 11) is 0.396. The maximum atomic E-state index is 12.7. The number of ether oxygens (including phenoxy) is 3. The first-order chi connectivity index (χ1) is 14.2. The summed E-state index contributed by atoms with van der Waals surface area (Å²) in [6, 6.07) is 11.8. The number of benzene rings is 2. The van der Waals surface area contributed by atoms with Gasteiger partial charge in [-0.3, -0.25) is 8.98 Å². The minimum Gasteiger partial charge on any atom is -0.493 e. The van der Waals surface area contributed by atoms with Gasteiger partial charge in [0, 0.05) is 12.3 Å². The maximum absolute atomic E-state index is 12.7. The van der Waals surface area contributed by atoms with E-state index in [1.807, 2.05) is 13.0 Å². The van der Waals surface area contributed by atoms with Crippen molar-refractivity contribution in [2.24, 2.45) is 0 Å². The molecule has 0 aliphatic carbocycles. The average Bonchev–Trinajstić information content (AvgIpc) is 2.73. The highest BCUT2D eigenvalue weighted by molar-refractivity contribution is 7.86. The summed E-state index contributed by atoms with van der Waals surface area (Å²) < 4.78 is 46.4. The molecule has 2 aromatic rings. The molecule has 30 heavy (non-hydrogen) atoms. The Labute approximate surface area is 178 Å². The zero-order valence-electron chi connectivity index (χ0n) is 17.9. The van der Waals surface area contributed by atoms with Crippen LogP contribution in [-0.4, -0.2) is 41.8 Å². The zero-order valence-corrected chi connectivity index (χ0v) is 18.7. The lowest BCUT2D eigenvalue weighted by Gasteiger charge is -2.25. The molecule has 7 nitrogen and oxygen atoms in total. The van der Waals surface area contributed by atoms with Crippen LogP contribution in [0, 0.1) is 6.92 Å². The standard InChI is InChI=1S/C22H28O7S/c1-15-6-9-18(10-7-15)30(24,25)29-16(2)19(11-13-22(23)28-5)17-8-12-20(26-3)21(14-17)27-4/h6-10,12,14,16,19H,11,13H2,1-5H3/t16-,19+/m1/s1. The van der Waals surface area contributed by atoms with Crippen LogP contribution in [0.4, 0.5) is 0 Å². The van der Waals surface area contributed by atoms with E-state index in [4.69, 9.17) is 18.4 Å². The van der Waals surface area contributed by atoms with E-state index in [2.05, 4.69) is 0 Å². The minimum absolute atomic E-state index is 0.0824. The average molecular weight is 437 g/mol. The van der Waals surface area contributed by atoms with Crippen LogP contribution in [0.25, 0.3) is 0 Å². The number of rotatable bonds is 10. The maximum Gasteiger partial charge on any atom is 0.305 e. The molecule has 0 heterocycles. The number of aryl methyl sites for hydroxylation is 1. The fourth-order valence-corrected chi connectivity index (χ4v) is 4.27. The van der Waals surface area contributed by atoms with Crippen molar-refractivity contribution in [3.05, 3.63) is 53.6 Å². The van der Waals surface area contributed by atoms with Gasteiger partial charge in [0.05, 0.1) is 32.3 Å². The van der Waals surface area contributed by atoms with E-state index in [1.54, 1.807) is 31.2 Å². The predicted octanol–water partition coefficient (Wildman–Crippen LogP) is 3.84. The van der Waals surface area contributed by atoms with E-state index in [9.17, 15) is 13.2 Å². The summed E-state index contributed by atoms with van der Waals surface area (Å²) in [6.45, 7) is 3.55. The summed E-state index contributed by atoms with van der Waals surface area (Å²) in [5, 5.41) is 0. The van der Waals surface area contributed by atoms with Crippen molar-refractivity contribution in [3.63, 3.8) is 0 Å². The molecule has 0 N–H and O–H groups in total. The highest BCUT2D eigenvalue weighted by Gasteiger charge is 2.28. The molecule has 0 aliphatic heterocycles. The van der Waals surface area contributed by atoms with Gasteiger partial charge in [-0.15, -0.1) is 0 Å². The van der Waals surface area contributed by atoms with Crippen molar-refractivity contribution in [1.29, 1.82) is 0 Å². The van der Waals surface area contributed by atoms with E-state index < -0.39 is 22.1 Å². The lowest BCUT2D eigenvalue weighted by atomic mass is 9.89. The molecule has 2 atom stereocenters. The number of carbonyl (C=O) groups excluding carboxylic acids is 1. The highest BCUT2D eigenvalue weighted by Crippen LogP contribution is 2.35. The molecule has 0 aliphatic rings. The van der Waals surface area contributed by atoms with E-state index >= 15 is 0 Å². The van der Waals surface area contributed by atoms with Crippen LogP contribution >= 0.6 is 0 Å². The van der Waals surface area contributed by atoms with Crippen LogP contribution in [0.5, 0.6) is 11.5 Å². The van der Waals surface area contributed by atoms with Gasteiger partial charge >= 0.3 is 5.97 Å². The van der Waals surface area contributed by atoms with Gasteiger partial charge in [-0.05, 0) is 50.1 Å². The van der Waals surface area contributed by atoms with Crippen LogP contribution in [-0.2, 0) is 23.8 Å². The Balaban J connectivity index is 2.33. The third kappa shape index (κ3) is 5.96. The summed E-state index contributed by atoms with van der Waals surface area (Å²) in [5.41, 5.74) is 1.71. The number of hydrogen-bond acceptors (Lipinski definition) is 7. The predicted molar refractivity (Wildman–Crippen MR) is 112 cm³/mol. The molecule has 0 amide bonds. The molecular weight excluding hydrogens is 408 g/mol. The zero-order chi connectivity index (χ0) is 22.3. The third-order valence-electron chi connectivity index (χ3n) is 4.88. The lowest BCUT2D eigenvalue weighted by molar-refractivity contribution is -0.140. The summed E-state index contributed by atoms with van der Waals surface area (Å²) >= 11 is 0. The number of carbonyl (C=O) groups is 1. The van der Waals surface area contributed by atoms with E-state index in [0.29, 0.717) is 17.9 Å². The largest absolute Gasteiger partial charge is 0.493 e. The summed E-state index contributed by atoms with van der Waals surface area (Å²) in [4.78, 5) is 11.8. The van der Waals surface area contributed by atoms with Crippen molar-refractivity contribution in [2.45, 2.75) is 43.6 Å². The van der Waals surface area contributed by atoms with Gasteiger partial charge in [-0.1, -0.05) is 23.8 Å². The van der Waals surface area contributed by atoms with Gasteiger partial charge in [0.15, 0.2) is 11.5 Å². The molecule has 2 rings (SSSR count). The van der Waals surface area contributed by atoms with E-state index in [1.165, 1.54) is 33.5 Å². The van der Waals surface area contributed by atoms with Gasteiger partial charge in [-0.25, -0.2) is 0 Å². The lowest BCUT2D eigenvalue weighted by Crippen LogP contribution is -2.24. The normalized spacial score (nSPS) is 13.4. The molecule has 0 aromatic heterocycles. The van der Waals surface area contributed by atoms with Gasteiger partial charge in [-0.2, -0.15) is 8.42 Å². The Morgan fingerprint density at radius 3 is 2.17 bits per heavy atom. The Hall–Kier alpha value is -2.58. The van der Waals surface area contributed by atoms with Gasteiger partial charge in [0.1, 0.15) is 0 Å². The molecule has 0 bridgehead atoms. The molecule has 8 heteroatoms. The molecular formula is C22H28O7S. The smallest absolute Gasteiger partial charge is 0.305 e. The van der Waals surface area contributed by atoms with Crippen LogP contribution in [0.2, 0.25) is 0 Å². The topological polar surface area (TPSA) is 88.1 Å². The summed E-state index contributed by atoms with van der Waals surface area (Å²) in [6.07, 6.45) is -0.278. The highest BCUT2D eigenvalue weighted by atomic mass is 32.2. The fraction of sp³-hybridized carbons (Fsp3) is 0.409. The number of hydrogen-bond donors (Lipinski definition) is 0. The third-order valence-corrected chi connectivity index (χ3v) is 6.28. The Morgan fingerprint density at radius 2 is 1.60 bits per heavy atom. The molecule has 0 fully saturated rings. The number of esters is 1. The SMILES string of the molecule is COC(=O)CC[C@H](c1ccc(OC)c(OC)c1)[C@@H](C)OS(=O)(=O)c1ccc(C)cc1. The molecule has 0 saturated carbocycles. The first-order valence-corrected chi connectivity index (χ1v) is 10.9. The minimum atomic E-state index is -3.97. The van der Waals surface area contributed by atoms with Crippen LogP contribution in [0.15, 0.2) is 47.4 Å². The molecule has 0 spiro atoms. The van der Waals surface area contributed by atoms with Crippen molar-refractivity contribution in [3.8, 4) is 11.5 Å². The molecule has 0 saturated heterocycles. The Bertz CT molecular complexity index is 952. The molecule has 0 unspecified atom stereocenters. The van der Waals surface area contributed by atoms with Crippen molar-refractivity contribution in [2.75, 3.05) is 21.3 Å². The summed E-state index contributed by atoms with van der Waals surface area (Å²) in [5.74, 6) is 0.277. The van der Waals surface area contributed by atoms with Crippen LogP contribution in [0.1, 0.15) is 36.8 Å². The first-order valence-electron chi connectivity index (χ1n) is 9.50. The van der Waals surface area contributed by atoms with Crippen LogP contribution in [0.3, 0.4) is 0 Å². The van der Waals surface area contributed by atoms with E-state index in [0.717, 1.165) is 11.1 Å². The van der Waals surface area contributed by atoms with E-state index in [-0.39, 0.29) is 17.3 Å². The molecule has 0 radical (unpaired) electrons. The van der Waals surface area contributed by atoms with Crippen molar-refractivity contribution in [1.82, 2.24) is 0 Å². The monoisotopic (exact) mass is 436 g/mol. The second-order valence-corrected chi connectivity index (χ2v) is 8.48. The Morgan fingerprint density at radius 1 is 0.967 bits per heavy atom. The first kappa shape index (κ1) is 23.7. The quantitative estimate of drug-likeness (QED) is 0.413. The van der Waals surface area contributed by atoms with Crippen molar-refractivity contribution >= 4 is 16.1 Å².